The molecule has 106 valence electrons. The second-order valence-electron chi connectivity index (χ2n) is 5.46. The first-order chi connectivity index (χ1) is 8.92. The molecule has 1 fully saturated rings. The lowest BCUT2D eigenvalue weighted by Gasteiger charge is -2.15. The van der Waals surface area contributed by atoms with Crippen molar-refractivity contribution in [3.05, 3.63) is 29.3 Å². The molecule has 1 aliphatic rings. The Kier molecular flexibility index (Phi) is 4.28. The lowest BCUT2D eigenvalue weighted by Crippen LogP contribution is -2.33. The van der Waals surface area contributed by atoms with Crippen LogP contribution in [0.25, 0.3) is 0 Å². The summed E-state index contributed by atoms with van der Waals surface area (Å²) in [7, 11) is -3.50. The molecule has 0 heterocycles. The lowest BCUT2D eigenvalue weighted by atomic mass is 10.2. The van der Waals surface area contributed by atoms with Crippen LogP contribution in [0.2, 0.25) is 0 Å². The largest absolute Gasteiger partial charge is 0.392 e. The molecule has 1 unspecified atom stereocenters. The van der Waals surface area contributed by atoms with Crippen LogP contribution in [0.1, 0.15) is 37.3 Å². The Morgan fingerprint density at radius 2 is 2.11 bits per heavy atom. The van der Waals surface area contributed by atoms with Crippen LogP contribution < -0.4 is 4.72 Å². The average molecular weight is 283 g/mol. The number of hydrogen-bond donors (Lipinski definition) is 2. The Bertz CT molecular complexity index is 550. The molecule has 0 aliphatic heterocycles. The molecular weight excluding hydrogens is 262 g/mol. The predicted octanol–water partition coefficient (Wildman–Crippen LogP) is 1.95. The number of hydrogen-bond acceptors (Lipinski definition) is 3. The van der Waals surface area contributed by atoms with Crippen LogP contribution in [0.3, 0.4) is 0 Å². The molecule has 0 aromatic heterocycles. The minimum Gasteiger partial charge on any atom is -0.392 e. The maximum atomic E-state index is 12.3. The Morgan fingerprint density at radius 1 is 1.42 bits per heavy atom. The fraction of sp³-hybridized carbons (Fsp3) is 0.571. The van der Waals surface area contributed by atoms with E-state index in [-0.39, 0.29) is 17.5 Å². The Morgan fingerprint density at radius 3 is 2.68 bits per heavy atom. The zero-order valence-corrected chi connectivity index (χ0v) is 12.2. The summed E-state index contributed by atoms with van der Waals surface area (Å²) in [6, 6.07) is 4.96. The highest BCUT2D eigenvalue weighted by atomic mass is 32.2. The van der Waals surface area contributed by atoms with Crippen LogP contribution in [0, 0.1) is 12.8 Å². The Labute approximate surface area is 114 Å². The van der Waals surface area contributed by atoms with E-state index in [1.807, 2.05) is 6.92 Å². The van der Waals surface area contributed by atoms with Gasteiger partial charge in [0.15, 0.2) is 0 Å². The van der Waals surface area contributed by atoms with Gasteiger partial charge in [-0.05, 0) is 43.4 Å². The van der Waals surface area contributed by atoms with Crippen molar-refractivity contribution in [2.24, 2.45) is 5.92 Å². The molecule has 0 radical (unpaired) electrons. The highest BCUT2D eigenvalue weighted by molar-refractivity contribution is 7.89. The number of nitrogens with one attached hydrogen (secondary N) is 1. The molecule has 1 aliphatic carbocycles. The van der Waals surface area contributed by atoms with E-state index in [1.54, 1.807) is 25.1 Å². The van der Waals surface area contributed by atoms with Crippen molar-refractivity contribution in [2.75, 3.05) is 0 Å². The topological polar surface area (TPSA) is 66.4 Å². The highest BCUT2D eigenvalue weighted by Gasteiger charge is 2.26. The second-order valence-corrected chi connectivity index (χ2v) is 7.14. The molecule has 0 amide bonds. The maximum absolute atomic E-state index is 12.3. The average Bonchev–Trinajstić information content (AvgIpc) is 3.12. The van der Waals surface area contributed by atoms with E-state index in [4.69, 9.17) is 5.11 Å². The van der Waals surface area contributed by atoms with Crippen molar-refractivity contribution in [2.45, 2.75) is 50.7 Å². The SMILES string of the molecule is Cc1ccc(CO)cc1S(=O)(=O)NC(C)CC1CC1. The summed E-state index contributed by atoms with van der Waals surface area (Å²) >= 11 is 0. The zero-order chi connectivity index (χ0) is 14.0. The zero-order valence-electron chi connectivity index (χ0n) is 11.4. The van der Waals surface area contributed by atoms with Crippen LogP contribution in [-0.2, 0) is 16.6 Å². The minimum atomic E-state index is -3.50. The molecule has 1 aromatic carbocycles. The molecule has 19 heavy (non-hydrogen) atoms. The third-order valence-corrected chi connectivity index (χ3v) is 5.20. The predicted molar refractivity (Wildman–Crippen MR) is 74.2 cm³/mol. The number of sulfonamides is 1. The molecule has 2 rings (SSSR count). The first-order valence-electron chi connectivity index (χ1n) is 6.65. The Hall–Kier alpha value is -0.910. The summed E-state index contributed by atoms with van der Waals surface area (Å²) in [5.41, 5.74) is 1.31. The van der Waals surface area contributed by atoms with Gasteiger partial charge in [-0.15, -0.1) is 0 Å². The van der Waals surface area contributed by atoms with Crippen LogP contribution in [0.5, 0.6) is 0 Å². The monoisotopic (exact) mass is 283 g/mol. The van der Waals surface area contributed by atoms with E-state index in [1.165, 1.54) is 12.8 Å². The highest BCUT2D eigenvalue weighted by Crippen LogP contribution is 2.33. The lowest BCUT2D eigenvalue weighted by molar-refractivity contribution is 0.281. The summed E-state index contributed by atoms with van der Waals surface area (Å²) in [6.45, 7) is 3.52. The normalized spacial score (nSPS) is 17.4. The van der Waals surface area contributed by atoms with E-state index in [9.17, 15) is 8.42 Å². The number of aliphatic hydroxyl groups is 1. The van der Waals surface area contributed by atoms with Crippen molar-refractivity contribution in [3.63, 3.8) is 0 Å². The van der Waals surface area contributed by atoms with Crippen molar-refractivity contribution < 1.29 is 13.5 Å². The van der Waals surface area contributed by atoms with E-state index in [0.717, 1.165) is 6.42 Å². The molecule has 4 nitrogen and oxygen atoms in total. The van der Waals surface area contributed by atoms with Gasteiger partial charge in [0.05, 0.1) is 11.5 Å². The van der Waals surface area contributed by atoms with Gasteiger partial charge in [0.25, 0.3) is 0 Å². The van der Waals surface area contributed by atoms with Gasteiger partial charge in [-0.2, -0.15) is 0 Å². The molecule has 0 saturated heterocycles. The van der Waals surface area contributed by atoms with Crippen molar-refractivity contribution in [3.8, 4) is 0 Å². The van der Waals surface area contributed by atoms with Gasteiger partial charge in [-0.25, -0.2) is 13.1 Å². The van der Waals surface area contributed by atoms with Gasteiger partial charge in [-0.1, -0.05) is 25.0 Å². The molecule has 5 heteroatoms. The first kappa shape index (κ1) is 14.5. The number of rotatable bonds is 6. The van der Waals surface area contributed by atoms with Crippen LogP contribution in [0.4, 0.5) is 0 Å². The molecule has 2 N–H and O–H groups in total. The van der Waals surface area contributed by atoms with Crippen LogP contribution in [-0.4, -0.2) is 19.6 Å². The molecule has 1 saturated carbocycles. The van der Waals surface area contributed by atoms with Crippen molar-refractivity contribution in [1.82, 2.24) is 4.72 Å². The standard InChI is InChI=1S/C14H21NO3S/c1-10-3-4-13(9-16)8-14(10)19(17,18)15-11(2)7-12-5-6-12/h3-4,8,11-12,15-16H,5-7,9H2,1-2H3. The Balaban J connectivity index is 2.17. The third kappa shape index (κ3) is 3.78. The van der Waals surface area contributed by atoms with E-state index < -0.39 is 10.0 Å². The molecule has 1 aromatic rings. The minimum absolute atomic E-state index is 0.0466. The summed E-state index contributed by atoms with van der Waals surface area (Å²) in [4.78, 5) is 0.265. The van der Waals surface area contributed by atoms with Crippen molar-refractivity contribution in [1.29, 1.82) is 0 Å². The van der Waals surface area contributed by atoms with E-state index in [2.05, 4.69) is 4.72 Å². The number of benzene rings is 1. The van der Waals surface area contributed by atoms with E-state index >= 15 is 0 Å². The first-order valence-corrected chi connectivity index (χ1v) is 8.13. The van der Waals surface area contributed by atoms with Gasteiger partial charge in [0.2, 0.25) is 10.0 Å². The van der Waals surface area contributed by atoms with Crippen LogP contribution in [0.15, 0.2) is 23.1 Å². The fourth-order valence-corrected chi connectivity index (χ4v) is 3.81. The fourth-order valence-electron chi connectivity index (χ4n) is 2.26. The summed E-state index contributed by atoms with van der Waals surface area (Å²) in [5.74, 6) is 0.683. The molecule has 0 bridgehead atoms. The van der Waals surface area contributed by atoms with Gasteiger partial charge in [0.1, 0.15) is 0 Å². The summed E-state index contributed by atoms with van der Waals surface area (Å²) < 4.78 is 27.4. The molecule has 0 spiro atoms. The summed E-state index contributed by atoms with van der Waals surface area (Å²) in [6.07, 6.45) is 3.33. The number of aryl methyl sites for hydroxylation is 1. The smallest absolute Gasteiger partial charge is 0.241 e. The molecule has 1 atom stereocenters. The van der Waals surface area contributed by atoms with Gasteiger partial charge >= 0.3 is 0 Å². The maximum Gasteiger partial charge on any atom is 0.241 e. The third-order valence-electron chi connectivity index (χ3n) is 3.46. The van der Waals surface area contributed by atoms with E-state index in [0.29, 0.717) is 17.0 Å². The number of aliphatic hydroxyl groups excluding tert-OH is 1. The quantitative estimate of drug-likeness (QED) is 0.838. The van der Waals surface area contributed by atoms with Gasteiger partial charge in [-0.3, -0.25) is 0 Å². The van der Waals surface area contributed by atoms with Gasteiger partial charge in [0, 0.05) is 6.04 Å². The second kappa shape index (κ2) is 5.61. The summed E-state index contributed by atoms with van der Waals surface area (Å²) in [5, 5.41) is 9.11. The molecular formula is C14H21NO3S. The van der Waals surface area contributed by atoms with Crippen molar-refractivity contribution >= 4 is 10.0 Å². The van der Waals surface area contributed by atoms with Gasteiger partial charge < -0.3 is 5.11 Å². The van der Waals surface area contributed by atoms with Crippen LogP contribution >= 0.6 is 0 Å².